The molecular weight excluding hydrogens is 313 g/mol. The van der Waals surface area contributed by atoms with Gasteiger partial charge in [0.2, 0.25) is 0 Å². The first-order valence-corrected chi connectivity index (χ1v) is 0. The summed E-state index contributed by atoms with van der Waals surface area (Å²) in [6.45, 7) is 0. The minimum atomic E-state index is 0. The van der Waals surface area contributed by atoms with Gasteiger partial charge in [0.25, 0.3) is 0 Å². The monoisotopic (exact) mass is 319 g/mol. The maximum absolute atomic E-state index is 0. The van der Waals surface area contributed by atoms with Crippen LogP contribution in [0.2, 0.25) is 0 Å². The maximum atomic E-state index is 0. The van der Waals surface area contributed by atoms with E-state index < -0.39 is 0 Å². The molecule has 0 N–H and O–H groups in total. The van der Waals surface area contributed by atoms with E-state index in [9.17, 15) is 0 Å². The molecule has 0 unspecified atom stereocenters. The van der Waals surface area contributed by atoms with E-state index in [1.165, 1.54) is 0 Å². The summed E-state index contributed by atoms with van der Waals surface area (Å²) >= 11 is 0. The zero-order chi connectivity index (χ0) is 0. The van der Waals surface area contributed by atoms with Crippen LogP contribution in [0, 0.1) is 0 Å². The molecule has 0 bridgehead atoms. The molecule has 0 rings (SSSR count). The number of hydrogen-bond acceptors (Lipinski definition) is 0. The van der Waals surface area contributed by atoms with Crippen molar-refractivity contribution in [2.24, 2.45) is 0 Å². The van der Waals surface area contributed by atoms with Gasteiger partial charge < -0.3 is 0 Å². The third kappa shape index (κ3) is 9.21. The van der Waals surface area contributed by atoms with Gasteiger partial charge in [-0.1, -0.05) is 0 Å². The van der Waals surface area contributed by atoms with Gasteiger partial charge in [0.1, 0.15) is 0 Å². The van der Waals surface area contributed by atoms with E-state index in [4.69, 9.17) is 0 Å². The normalized spacial score (nSPS) is 0. The van der Waals surface area contributed by atoms with Crippen molar-refractivity contribution in [3.05, 3.63) is 0 Å². The fraction of sp³-hybridized carbons (Fsp3) is 0. The summed E-state index contributed by atoms with van der Waals surface area (Å²) in [5.74, 6) is 0. The molecule has 0 aromatic carbocycles. The van der Waals surface area contributed by atoms with Crippen LogP contribution in [-0.2, 0) is 19.5 Å². The van der Waals surface area contributed by atoms with Crippen molar-refractivity contribution in [1.82, 2.24) is 0 Å². The quantitative estimate of drug-likeness (QED) is 0.417. The fourth-order valence-corrected chi connectivity index (χ4v) is 0. The number of rotatable bonds is 0. The molecule has 0 aromatic rings. The summed E-state index contributed by atoms with van der Waals surface area (Å²) in [5, 5.41) is 0. The second-order valence-corrected chi connectivity index (χ2v) is 0. The summed E-state index contributed by atoms with van der Waals surface area (Å²) < 4.78 is 0. The fourth-order valence-electron chi connectivity index (χ4n) is 0. The topological polar surface area (TPSA) is 0 Å². The van der Waals surface area contributed by atoms with Crippen molar-refractivity contribution < 1.29 is 19.5 Å². The Bertz CT molecular complexity index is 8.00. The Hall–Kier alpha value is 1.79. The average molecular weight is 320 g/mol. The van der Waals surface area contributed by atoms with E-state index in [-0.39, 0.29) is 65.1 Å². The molecule has 0 fully saturated rings. The second kappa shape index (κ2) is 21.5. The molecule has 4 heavy (non-hydrogen) atoms. The van der Waals surface area contributed by atoms with Gasteiger partial charge >= 0.3 is 26.2 Å². The van der Waals surface area contributed by atoms with Gasteiger partial charge in [-0.05, 0) is 11.0 Å². The van der Waals surface area contributed by atoms with Crippen molar-refractivity contribution in [1.29, 1.82) is 0 Å². The molecule has 0 saturated carbocycles. The van der Waals surface area contributed by atoms with Crippen molar-refractivity contribution >= 4 is 45.6 Å². The Morgan fingerprint density at radius 1 is 1.00 bits per heavy atom. The van der Waals surface area contributed by atoms with E-state index in [0.29, 0.717) is 0 Å². The van der Waals surface area contributed by atoms with Gasteiger partial charge in [-0.3, -0.25) is 0 Å². The molecule has 3 radical (unpaired) electrons. The standard InChI is InChI=1S/B.Bi.H4Si.Zn.3H/h;;1H4;;;;. The molecule has 0 aliphatic carbocycles. The average Bonchev–Trinajstić information content (AvgIpc) is 0. The van der Waals surface area contributed by atoms with E-state index in [1.807, 2.05) is 0 Å². The Morgan fingerprint density at radius 2 is 1.00 bits per heavy atom. The third-order valence-electron chi connectivity index (χ3n) is 0. The molecule has 0 aliphatic heterocycles. The van der Waals surface area contributed by atoms with Gasteiger partial charge in [-0.25, -0.2) is 0 Å². The van der Waals surface area contributed by atoms with Gasteiger partial charge in [-0.2, -0.15) is 0 Å². The Balaban J connectivity index is 0. The Kier molecular flexibility index (Phi) is 223. The molecule has 0 atom stereocenters. The van der Waals surface area contributed by atoms with Crippen LogP contribution in [0.1, 0.15) is 0 Å². The SMILES string of the molecule is [B].[BiH3].[SiH4].[Zn]. The molecule has 0 aromatic heterocycles. The van der Waals surface area contributed by atoms with Crippen molar-refractivity contribution in [2.45, 2.75) is 0 Å². The molecular formula is H7BBiSiZn. The minimum Gasteiger partial charge on any atom is -0.0149 e. The number of hydrogen-bond donors (Lipinski definition) is 0. The summed E-state index contributed by atoms with van der Waals surface area (Å²) in [6, 6.07) is 0. The Morgan fingerprint density at radius 3 is 1.00 bits per heavy atom. The summed E-state index contributed by atoms with van der Waals surface area (Å²) in [5.41, 5.74) is 0. The van der Waals surface area contributed by atoms with Crippen LogP contribution in [0.25, 0.3) is 0 Å². The van der Waals surface area contributed by atoms with E-state index in [2.05, 4.69) is 0 Å². The van der Waals surface area contributed by atoms with Crippen LogP contribution in [0.15, 0.2) is 0 Å². The molecule has 0 amide bonds. The van der Waals surface area contributed by atoms with Crippen LogP contribution in [0.5, 0.6) is 0 Å². The maximum Gasteiger partial charge on any atom is 0 e. The largest absolute Gasteiger partial charge is 0.0149 e. The van der Waals surface area contributed by atoms with Crippen LogP contribution < -0.4 is 0 Å². The molecule has 0 aliphatic rings. The summed E-state index contributed by atoms with van der Waals surface area (Å²) in [4.78, 5) is 0. The predicted octanol–water partition coefficient (Wildman–Crippen LogP) is -3.02. The second-order valence-electron chi connectivity index (χ2n) is 0. The first-order valence-electron chi connectivity index (χ1n) is 0. The molecule has 0 saturated heterocycles. The minimum absolute atomic E-state index is 0. The first-order chi connectivity index (χ1) is 0. The van der Waals surface area contributed by atoms with Crippen molar-refractivity contribution in [2.75, 3.05) is 0 Å². The van der Waals surface area contributed by atoms with Crippen LogP contribution >= 0.6 is 0 Å². The molecule has 0 spiro atoms. The van der Waals surface area contributed by atoms with Gasteiger partial charge in [0.05, 0.1) is 0 Å². The smallest absolute Gasteiger partial charge is 0 e. The van der Waals surface area contributed by atoms with E-state index in [1.54, 1.807) is 0 Å². The molecule has 21 valence electrons. The van der Waals surface area contributed by atoms with E-state index in [0.717, 1.165) is 0 Å². The van der Waals surface area contributed by atoms with Gasteiger partial charge in [0.15, 0.2) is 0 Å². The Labute approximate surface area is 64.6 Å². The van der Waals surface area contributed by atoms with Gasteiger partial charge in [0, 0.05) is 27.9 Å². The van der Waals surface area contributed by atoms with Gasteiger partial charge in [-0.15, -0.1) is 0 Å². The summed E-state index contributed by atoms with van der Waals surface area (Å²) in [6.07, 6.45) is 0. The first kappa shape index (κ1) is 41.5. The molecule has 0 heterocycles. The van der Waals surface area contributed by atoms with Crippen LogP contribution in [0.3, 0.4) is 0 Å². The third-order valence-corrected chi connectivity index (χ3v) is 0. The summed E-state index contributed by atoms with van der Waals surface area (Å²) in [7, 11) is 0. The predicted molar refractivity (Wildman–Crippen MR) is 27.0 cm³/mol. The zero-order valence-electron chi connectivity index (χ0n) is 1.99. The van der Waals surface area contributed by atoms with E-state index >= 15 is 0 Å². The zero-order valence-corrected chi connectivity index (χ0v) is 10.5. The van der Waals surface area contributed by atoms with Crippen LogP contribution in [0.4, 0.5) is 0 Å². The van der Waals surface area contributed by atoms with Crippen molar-refractivity contribution in [3.63, 3.8) is 0 Å². The van der Waals surface area contributed by atoms with Crippen molar-refractivity contribution in [3.8, 4) is 0 Å². The van der Waals surface area contributed by atoms with Crippen LogP contribution in [-0.4, -0.2) is 45.6 Å². The molecule has 4 heteroatoms. The molecule has 0 nitrogen and oxygen atoms in total.